The van der Waals surface area contributed by atoms with Gasteiger partial charge in [-0.2, -0.15) is 26.3 Å². The fourth-order valence-corrected chi connectivity index (χ4v) is 2.40. The van der Waals surface area contributed by atoms with Crippen molar-refractivity contribution in [2.24, 2.45) is 0 Å². The smallest absolute Gasteiger partial charge is 0.407 e. The Kier molecular flexibility index (Phi) is 6.28. The Morgan fingerprint density at radius 3 is 2.18 bits per heavy atom. The highest BCUT2D eigenvalue weighted by atomic mass is 19.4. The summed E-state index contributed by atoms with van der Waals surface area (Å²) in [5.41, 5.74) is 3.73. The standard InChI is InChI=1S/C18H15F6N3O/c1-26-16-7-4-13(10-15(16)18(22,23)24)27(11-17(19,20)21)8-9-28-14-5-2-12(25)3-6-14/h2-7,10H,8-9,11,25H2. The molecule has 0 saturated carbocycles. The van der Waals surface area contributed by atoms with Crippen molar-refractivity contribution in [3.05, 3.63) is 59.4 Å². The van der Waals surface area contributed by atoms with E-state index in [2.05, 4.69) is 4.85 Å². The number of rotatable bonds is 6. The van der Waals surface area contributed by atoms with Crippen LogP contribution in [0, 0.1) is 6.57 Å². The highest BCUT2D eigenvalue weighted by molar-refractivity contribution is 5.62. The summed E-state index contributed by atoms with van der Waals surface area (Å²) in [5, 5.41) is 0. The molecule has 0 heterocycles. The molecule has 2 rings (SSSR count). The number of nitrogens with two attached hydrogens (primary N) is 1. The maximum Gasteiger partial charge on any atom is 0.407 e. The van der Waals surface area contributed by atoms with Crippen LogP contribution in [0.25, 0.3) is 4.85 Å². The summed E-state index contributed by atoms with van der Waals surface area (Å²) in [6.45, 7) is 4.82. The fourth-order valence-electron chi connectivity index (χ4n) is 2.40. The molecular formula is C18H15F6N3O. The van der Waals surface area contributed by atoms with Crippen molar-refractivity contribution in [2.75, 3.05) is 30.3 Å². The lowest BCUT2D eigenvalue weighted by Crippen LogP contribution is -2.37. The number of hydrogen-bond acceptors (Lipinski definition) is 3. The average molecular weight is 403 g/mol. The fraction of sp³-hybridized carbons (Fsp3) is 0.278. The van der Waals surface area contributed by atoms with Crippen molar-refractivity contribution in [3.8, 4) is 5.75 Å². The van der Waals surface area contributed by atoms with Gasteiger partial charge in [-0.25, -0.2) is 4.85 Å². The van der Waals surface area contributed by atoms with Crippen LogP contribution >= 0.6 is 0 Å². The van der Waals surface area contributed by atoms with E-state index in [9.17, 15) is 26.3 Å². The minimum absolute atomic E-state index is 0.202. The molecule has 0 unspecified atom stereocenters. The van der Waals surface area contributed by atoms with Crippen LogP contribution in [0.5, 0.6) is 5.75 Å². The summed E-state index contributed by atoms with van der Waals surface area (Å²) in [7, 11) is 0. The molecule has 2 aromatic carbocycles. The second-order valence-electron chi connectivity index (χ2n) is 5.77. The van der Waals surface area contributed by atoms with Crippen LogP contribution < -0.4 is 15.4 Å². The monoisotopic (exact) mass is 403 g/mol. The number of anilines is 2. The van der Waals surface area contributed by atoms with E-state index in [4.69, 9.17) is 17.0 Å². The summed E-state index contributed by atoms with van der Waals surface area (Å²) in [5.74, 6) is 0.362. The molecule has 0 saturated heterocycles. The SMILES string of the molecule is [C-]#[N+]c1ccc(N(CCOc2ccc(N)cc2)CC(F)(F)F)cc1C(F)(F)F. The van der Waals surface area contributed by atoms with Crippen molar-refractivity contribution >= 4 is 17.1 Å². The van der Waals surface area contributed by atoms with Crippen molar-refractivity contribution < 1.29 is 31.1 Å². The van der Waals surface area contributed by atoms with Gasteiger partial charge in [-0.3, -0.25) is 0 Å². The molecule has 0 aliphatic heterocycles. The van der Waals surface area contributed by atoms with Gasteiger partial charge in [0, 0.05) is 11.4 Å². The first-order valence-electron chi connectivity index (χ1n) is 7.88. The van der Waals surface area contributed by atoms with E-state index in [1.165, 1.54) is 12.1 Å². The Labute approximate surface area is 156 Å². The van der Waals surface area contributed by atoms with Crippen LogP contribution in [-0.2, 0) is 6.18 Å². The van der Waals surface area contributed by atoms with Gasteiger partial charge < -0.3 is 15.4 Å². The number of hydrogen-bond donors (Lipinski definition) is 1. The second kappa shape index (κ2) is 8.29. The van der Waals surface area contributed by atoms with Gasteiger partial charge in [0.2, 0.25) is 0 Å². The van der Waals surface area contributed by atoms with Crippen LogP contribution in [0.1, 0.15) is 5.56 Å². The molecule has 0 bridgehead atoms. The third kappa shape index (κ3) is 5.97. The van der Waals surface area contributed by atoms with E-state index in [1.807, 2.05) is 0 Å². The summed E-state index contributed by atoms with van der Waals surface area (Å²) < 4.78 is 83.3. The molecule has 2 aromatic rings. The normalized spacial score (nSPS) is 11.8. The molecule has 0 amide bonds. The van der Waals surface area contributed by atoms with Crippen LogP contribution in [0.4, 0.5) is 43.4 Å². The van der Waals surface area contributed by atoms with Gasteiger partial charge in [-0.15, -0.1) is 0 Å². The maximum atomic E-state index is 13.1. The molecular weight excluding hydrogens is 388 g/mol. The molecule has 4 nitrogen and oxygen atoms in total. The maximum absolute atomic E-state index is 13.1. The zero-order valence-corrected chi connectivity index (χ0v) is 14.3. The third-order valence-corrected chi connectivity index (χ3v) is 3.65. The number of ether oxygens (including phenoxy) is 1. The second-order valence-corrected chi connectivity index (χ2v) is 5.77. The van der Waals surface area contributed by atoms with E-state index in [0.717, 1.165) is 17.0 Å². The molecule has 0 fully saturated rings. The summed E-state index contributed by atoms with van der Waals surface area (Å²) in [6, 6.07) is 8.59. The number of nitrogen functional groups attached to an aromatic ring is 1. The molecule has 0 aliphatic carbocycles. The molecule has 28 heavy (non-hydrogen) atoms. The van der Waals surface area contributed by atoms with Gasteiger partial charge in [0.1, 0.15) is 18.9 Å². The first kappa shape index (κ1) is 21.2. The number of halogens is 6. The largest absolute Gasteiger partial charge is 0.492 e. The van der Waals surface area contributed by atoms with Gasteiger partial charge in [0.15, 0.2) is 5.69 Å². The Hall–Kier alpha value is -3.09. The first-order chi connectivity index (χ1) is 13.0. The Morgan fingerprint density at radius 1 is 1.00 bits per heavy atom. The summed E-state index contributed by atoms with van der Waals surface area (Å²) >= 11 is 0. The molecule has 0 radical (unpaired) electrons. The minimum atomic E-state index is -4.86. The minimum Gasteiger partial charge on any atom is -0.492 e. The van der Waals surface area contributed by atoms with Crippen LogP contribution in [0.3, 0.4) is 0 Å². The highest BCUT2D eigenvalue weighted by Gasteiger charge is 2.35. The molecule has 10 heteroatoms. The predicted octanol–water partition coefficient (Wildman–Crippen LogP) is 5.29. The third-order valence-electron chi connectivity index (χ3n) is 3.65. The lowest BCUT2D eigenvalue weighted by atomic mass is 10.1. The molecule has 0 atom stereocenters. The quantitative estimate of drug-likeness (QED) is 0.405. The Bertz CT molecular complexity index is 840. The molecule has 0 spiro atoms. The van der Waals surface area contributed by atoms with E-state index >= 15 is 0 Å². The summed E-state index contributed by atoms with van der Waals surface area (Å²) in [6.07, 6.45) is -9.50. The van der Waals surface area contributed by atoms with Crippen molar-refractivity contribution in [1.29, 1.82) is 0 Å². The van der Waals surface area contributed by atoms with E-state index in [-0.39, 0.29) is 18.8 Å². The zero-order valence-electron chi connectivity index (χ0n) is 14.3. The van der Waals surface area contributed by atoms with Gasteiger partial charge >= 0.3 is 12.4 Å². The molecule has 150 valence electrons. The van der Waals surface area contributed by atoms with E-state index in [0.29, 0.717) is 17.5 Å². The van der Waals surface area contributed by atoms with E-state index < -0.39 is 30.1 Å². The number of nitrogens with zero attached hydrogens (tertiary/aromatic N) is 2. The lowest BCUT2D eigenvalue weighted by Gasteiger charge is -2.27. The topological polar surface area (TPSA) is 42.9 Å². The van der Waals surface area contributed by atoms with Crippen molar-refractivity contribution in [3.63, 3.8) is 0 Å². The van der Waals surface area contributed by atoms with Crippen LogP contribution in [0.15, 0.2) is 42.5 Å². The zero-order chi connectivity index (χ0) is 20.9. The molecule has 0 aromatic heterocycles. The average Bonchev–Trinajstić information content (AvgIpc) is 2.60. The van der Waals surface area contributed by atoms with Crippen LogP contribution in [0.2, 0.25) is 0 Å². The van der Waals surface area contributed by atoms with Gasteiger partial charge in [0.25, 0.3) is 0 Å². The van der Waals surface area contributed by atoms with Gasteiger partial charge in [-0.1, -0.05) is 6.07 Å². The van der Waals surface area contributed by atoms with Gasteiger partial charge in [0.05, 0.1) is 18.7 Å². The highest BCUT2D eigenvalue weighted by Crippen LogP contribution is 2.39. The van der Waals surface area contributed by atoms with Crippen LogP contribution in [-0.4, -0.2) is 25.9 Å². The number of benzene rings is 2. The van der Waals surface area contributed by atoms with E-state index in [1.54, 1.807) is 12.1 Å². The Morgan fingerprint density at radius 2 is 1.64 bits per heavy atom. The van der Waals surface area contributed by atoms with Gasteiger partial charge in [-0.05, 0) is 36.4 Å². The summed E-state index contributed by atoms with van der Waals surface area (Å²) in [4.78, 5) is 3.50. The Balaban J connectivity index is 2.23. The first-order valence-corrected chi connectivity index (χ1v) is 7.88. The van der Waals surface area contributed by atoms with Crippen molar-refractivity contribution in [1.82, 2.24) is 0 Å². The van der Waals surface area contributed by atoms with Crippen molar-refractivity contribution in [2.45, 2.75) is 12.4 Å². The molecule has 2 N–H and O–H groups in total. The number of alkyl halides is 6. The predicted molar refractivity (Wildman–Crippen MR) is 92.3 cm³/mol. The molecule has 0 aliphatic rings. The lowest BCUT2D eigenvalue weighted by molar-refractivity contribution is -0.136.